The Morgan fingerprint density at radius 3 is 2.94 bits per heavy atom. The van der Waals surface area contributed by atoms with Crippen LogP contribution >= 0.6 is 11.3 Å². The summed E-state index contributed by atoms with van der Waals surface area (Å²) < 4.78 is 0. The minimum atomic E-state index is 0.583. The molecule has 0 saturated heterocycles. The highest BCUT2D eigenvalue weighted by Gasteiger charge is 2.32. The molecule has 2 aromatic rings. The second-order valence-electron chi connectivity index (χ2n) is 5.01. The number of hydrogen-bond donors (Lipinski definition) is 1. The van der Waals surface area contributed by atoms with Gasteiger partial charge in [0.1, 0.15) is 0 Å². The normalized spacial score (nSPS) is 19.1. The Hall–Kier alpha value is -1.12. The third kappa shape index (κ3) is 2.23. The first kappa shape index (κ1) is 11.9. The first-order chi connectivity index (χ1) is 8.88. The number of likely N-dealkylation sites (N-methyl/N-ethyl adjacent to an activating group) is 1. The molecule has 1 N–H and O–H groups in total. The van der Waals surface area contributed by atoms with Gasteiger partial charge in [0.2, 0.25) is 0 Å². The van der Waals surface area contributed by atoms with Gasteiger partial charge in [-0.1, -0.05) is 31.2 Å². The molecule has 1 aromatic carbocycles. The monoisotopic (exact) mass is 257 g/mol. The standard InChI is InChI=1S/C16H19NS/c1-2-17-16(9-12-7-8-18-11-12)15-10-13-5-3-4-6-14(13)15/h3-8,11,15-17H,2,9-10H2,1H3. The fourth-order valence-electron chi connectivity index (χ4n) is 2.94. The number of fused-ring (bicyclic) bond motifs is 1. The van der Waals surface area contributed by atoms with E-state index in [1.807, 2.05) is 0 Å². The lowest BCUT2D eigenvalue weighted by atomic mass is 9.72. The highest BCUT2D eigenvalue weighted by Crippen LogP contribution is 2.38. The summed E-state index contributed by atoms with van der Waals surface area (Å²) in [5, 5.41) is 8.11. The molecule has 0 bridgehead atoms. The first-order valence-corrected chi connectivity index (χ1v) is 7.65. The largest absolute Gasteiger partial charge is 0.313 e. The summed E-state index contributed by atoms with van der Waals surface area (Å²) in [5.41, 5.74) is 4.56. The van der Waals surface area contributed by atoms with E-state index in [0.29, 0.717) is 12.0 Å². The van der Waals surface area contributed by atoms with Crippen molar-refractivity contribution in [2.24, 2.45) is 0 Å². The van der Waals surface area contributed by atoms with Gasteiger partial charge in [0.25, 0.3) is 0 Å². The SMILES string of the molecule is CCNC(Cc1ccsc1)C1Cc2ccccc21. The lowest BCUT2D eigenvalue weighted by Crippen LogP contribution is -2.41. The van der Waals surface area contributed by atoms with Gasteiger partial charge in [0, 0.05) is 12.0 Å². The molecular formula is C16H19NS. The Kier molecular flexibility index (Phi) is 3.48. The molecule has 1 aromatic heterocycles. The Labute approximate surface area is 113 Å². The van der Waals surface area contributed by atoms with Crippen LogP contribution in [0.5, 0.6) is 0 Å². The zero-order valence-electron chi connectivity index (χ0n) is 10.7. The van der Waals surface area contributed by atoms with E-state index in [1.54, 1.807) is 16.9 Å². The van der Waals surface area contributed by atoms with Crippen LogP contribution in [0.2, 0.25) is 0 Å². The van der Waals surface area contributed by atoms with Crippen LogP contribution in [0.4, 0.5) is 0 Å². The molecule has 0 fully saturated rings. The van der Waals surface area contributed by atoms with Gasteiger partial charge in [0.15, 0.2) is 0 Å². The van der Waals surface area contributed by atoms with E-state index in [9.17, 15) is 0 Å². The summed E-state index contributed by atoms with van der Waals surface area (Å²) in [5.74, 6) is 0.695. The molecule has 0 aliphatic heterocycles. The topological polar surface area (TPSA) is 12.0 Å². The van der Waals surface area contributed by atoms with Crippen LogP contribution in [0.25, 0.3) is 0 Å². The second-order valence-corrected chi connectivity index (χ2v) is 5.79. The van der Waals surface area contributed by atoms with Crippen molar-refractivity contribution in [1.29, 1.82) is 0 Å². The Morgan fingerprint density at radius 1 is 1.33 bits per heavy atom. The number of rotatable bonds is 5. The molecule has 0 amide bonds. The van der Waals surface area contributed by atoms with Crippen LogP contribution < -0.4 is 5.32 Å². The van der Waals surface area contributed by atoms with E-state index in [0.717, 1.165) is 13.0 Å². The van der Waals surface area contributed by atoms with Crippen molar-refractivity contribution in [3.8, 4) is 0 Å². The summed E-state index contributed by atoms with van der Waals surface area (Å²) in [6.45, 7) is 3.25. The van der Waals surface area contributed by atoms with Gasteiger partial charge in [-0.15, -0.1) is 0 Å². The van der Waals surface area contributed by atoms with Crippen molar-refractivity contribution in [1.82, 2.24) is 5.32 Å². The third-order valence-corrected chi connectivity index (χ3v) is 4.61. The minimum Gasteiger partial charge on any atom is -0.313 e. The van der Waals surface area contributed by atoms with Gasteiger partial charge >= 0.3 is 0 Å². The van der Waals surface area contributed by atoms with Gasteiger partial charge < -0.3 is 5.32 Å². The van der Waals surface area contributed by atoms with Crippen LogP contribution in [0, 0.1) is 0 Å². The quantitative estimate of drug-likeness (QED) is 0.863. The van der Waals surface area contributed by atoms with Crippen LogP contribution in [-0.4, -0.2) is 12.6 Å². The molecule has 2 heteroatoms. The molecule has 2 atom stereocenters. The lowest BCUT2D eigenvalue weighted by molar-refractivity contribution is 0.405. The number of nitrogens with one attached hydrogen (secondary N) is 1. The Bertz CT molecular complexity index is 504. The predicted molar refractivity (Wildman–Crippen MR) is 78.4 cm³/mol. The van der Waals surface area contributed by atoms with Crippen molar-refractivity contribution in [2.45, 2.75) is 31.7 Å². The van der Waals surface area contributed by atoms with Crippen LogP contribution in [0.3, 0.4) is 0 Å². The number of hydrogen-bond acceptors (Lipinski definition) is 2. The van der Waals surface area contributed by atoms with E-state index < -0.39 is 0 Å². The van der Waals surface area contributed by atoms with E-state index in [1.165, 1.54) is 17.5 Å². The first-order valence-electron chi connectivity index (χ1n) is 6.70. The molecular weight excluding hydrogens is 238 g/mol. The Balaban J connectivity index is 1.76. The highest BCUT2D eigenvalue weighted by atomic mass is 32.1. The van der Waals surface area contributed by atoms with Crippen molar-refractivity contribution in [3.05, 3.63) is 57.8 Å². The molecule has 0 saturated carbocycles. The second kappa shape index (κ2) is 5.25. The van der Waals surface area contributed by atoms with Crippen LogP contribution in [0.1, 0.15) is 29.5 Å². The van der Waals surface area contributed by atoms with Crippen molar-refractivity contribution < 1.29 is 0 Å². The minimum absolute atomic E-state index is 0.583. The summed E-state index contributed by atoms with van der Waals surface area (Å²) in [4.78, 5) is 0. The molecule has 1 aliphatic rings. The van der Waals surface area contributed by atoms with Crippen LogP contribution in [0.15, 0.2) is 41.1 Å². The fraction of sp³-hybridized carbons (Fsp3) is 0.375. The van der Waals surface area contributed by atoms with Gasteiger partial charge in [-0.2, -0.15) is 11.3 Å². The molecule has 18 heavy (non-hydrogen) atoms. The predicted octanol–water partition coefficient (Wildman–Crippen LogP) is 3.61. The molecule has 94 valence electrons. The van der Waals surface area contributed by atoms with E-state index in [-0.39, 0.29) is 0 Å². The molecule has 1 aliphatic carbocycles. The summed E-state index contributed by atoms with van der Waals surface area (Å²) in [7, 11) is 0. The zero-order chi connectivity index (χ0) is 12.4. The number of benzene rings is 1. The molecule has 1 nitrogen and oxygen atoms in total. The number of thiophene rings is 1. The highest BCUT2D eigenvalue weighted by molar-refractivity contribution is 7.07. The maximum atomic E-state index is 3.67. The summed E-state index contributed by atoms with van der Waals surface area (Å²) in [6, 6.07) is 11.7. The van der Waals surface area contributed by atoms with E-state index in [2.05, 4.69) is 53.3 Å². The lowest BCUT2D eigenvalue weighted by Gasteiger charge is -2.37. The summed E-state index contributed by atoms with van der Waals surface area (Å²) >= 11 is 1.79. The van der Waals surface area contributed by atoms with Gasteiger partial charge in [0.05, 0.1) is 0 Å². The van der Waals surface area contributed by atoms with Crippen molar-refractivity contribution >= 4 is 11.3 Å². The smallest absolute Gasteiger partial charge is 0.0180 e. The molecule has 1 heterocycles. The maximum Gasteiger partial charge on any atom is 0.0180 e. The third-order valence-electron chi connectivity index (χ3n) is 3.88. The fourth-order valence-corrected chi connectivity index (χ4v) is 3.62. The van der Waals surface area contributed by atoms with E-state index in [4.69, 9.17) is 0 Å². The molecule has 0 radical (unpaired) electrons. The van der Waals surface area contributed by atoms with Crippen molar-refractivity contribution in [3.63, 3.8) is 0 Å². The van der Waals surface area contributed by atoms with Crippen LogP contribution in [-0.2, 0) is 12.8 Å². The van der Waals surface area contributed by atoms with E-state index >= 15 is 0 Å². The molecule has 0 spiro atoms. The molecule has 2 unspecified atom stereocenters. The summed E-state index contributed by atoms with van der Waals surface area (Å²) in [6.07, 6.45) is 2.38. The van der Waals surface area contributed by atoms with Crippen molar-refractivity contribution in [2.75, 3.05) is 6.54 Å². The van der Waals surface area contributed by atoms with Gasteiger partial charge in [-0.05, 0) is 52.9 Å². The van der Waals surface area contributed by atoms with Gasteiger partial charge in [-0.25, -0.2) is 0 Å². The Morgan fingerprint density at radius 2 is 2.22 bits per heavy atom. The molecule has 3 rings (SSSR count). The average molecular weight is 257 g/mol. The van der Waals surface area contributed by atoms with Gasteiger partial charge in [-0.3, -0.25) is 0 Å². The zero-order valence-corrected chi connectivity index (χ0v) is 11.5. The maximum absolute atomic E-state index is 3.67. The average Bonchev–Trinajstić information content (AvgIpc) is 2.84.